The Kier molecular flexibility index (Phi) is 63.0. The van der Waals surface area contributed by atoms with E-state index in [1.54, 1.807) is 0 Å². The molecule has 0 N–H and O–H groups in total. The van der Waals surface area contributed by atoms with Crippen LogP contribution in [0.2, 0.25) is 0 Å². The van der Waals surface area contributed by atoms with E-state index in [2.05, 4.69) is 203 Å². The number of unbranched alkanes of at least 4 members (excludes halogenated alkanes) is 13. The van der Waals surface area contributed by atoms with E-state index in [9.17, 15) is 14.4 Å². The summed E-state index contributed by atoms with van der Waals surface area (Å²) >= 11 is 0. The highest BCUT2D eigenvalue weighted by Gasteiger charge is 2.19. The van der Waals surface area contributed by atoms with Crippen molar-refractivity contribution >= 4 is 17.9 Å². The van der Waals surface area contributed by atoms with Crippen molar-refractivity contribution in [2.24, 2.45) is 0 Å². The van der Waals surface area contributed by atoms with Crippen molar-refractivity contribution in [3.05, 3.63) is 194 Å². The van der Waals surface area contributed by atoms with Gasteiger partial charge in [0.2, 0.25) is 0 Å². The van der Waals surface area contributed by atoms with Crippen molar-refractivity contribution < 1.29 is 28.6 Å². The Morgan fingerprint density at radius 1 is 0.256 bits per heavy atom. The Morgan fingerprint density at radius 3 is 0.793 bits per heavy atom. The second kappa shape index (κ2) is 67.8. The number of esters is 3. The molecule has 0 aliphatic carbocycles. The van der Waals surface area contributed by atoms with Gasteiger partial charge in [-0.15, -0.1) is 0 Å². The van der Waals surface area contributed by atoms with Gasteiger partial charge in [0.05, 0.1) is 0 Å². The molecule has 0 heterocycles. The second-order valence-corrected chi connectivity index (χ2v) is 20.5. The lowest BCUT2D eigenvalue weighted by Gasteiger charge is -2.18. The first-order valence-electron chi connectivity index (χ1n) is 32.4. The third-order valence-electron chi connectivity index (χ3n) is 12.8. The van der Waals surface area contributed by atoms with Crippen LogP contribution in [-0.4, -0.2) is 37.2 Å². The van der Waals surface area contributed by atoms with Gasteiger partial charge in [0.1, 0.15) is 13.2 Å². The molecule has 0 saturated carbocycles. The lowest BCUT2D eigenvalue weighted by atomic mass is 10.1. The lowest BCUT2D eigenvalue weighted by Crippen LogP contribution is -2.30. The Hall–Kier alpha value is -5.75. The number of ether oxygens (including phenoxy) is 3. The largest absolute Gasteiger partial charge is 0.462 e. The van der Waals surface area contributed by atoms with E-state index in [-0.39, 0.29) is 31.6 Å². The van der Waals surface area contributed by atoms with Crippen LogP contribution in [-0.2, 0) is 28.6 Å². The molecule has 82 heavy (non-hydrogen) atoms. The summed E-state index contributed by atoms with van der Waals surface area (Å²) in [6, 6.07) is 0. The zero-order chi connectivity index (χ0) is 59.2. The molecule has 0 fully saturated rings. The summed E-state index contributed by atoms with van der Waals surface area (Å²) < 4.78 is 16.8. The van der Waals surface area contributed by atoms with Gasteiger partial charge < -0.3 is 14.2 Å². The summed E-state index contributed by atoms with van der Waals surface area (Å²) in [7, 11) is 0. The van der Waals surface area contributed by atoms with Crippen LogP contribution in [0.4, 0.5) is 0 Å². The fraction of sp³-hybridized carbons (Fsp3) is 0.539. The van der Waals surface area contributed by atoms with Crippen molar-refractivity contribution in [1.82, 2.24) is 0 Å². The zero-order valence-electron chi connectivity index (χ0n) is 52.2. The van der Waals surface area contributed by atoms with Gasteiger partial charge in [-0.2, -0.15) is 0 Å². The molecule has 0 aliphatic rings. The van der Waals surface area contributed by atoms with E-state index in [4.69, 9.17) is 14.2 Å². The third-order valence-corrected chi connectivity index (χ3v) is 12.8. The molecule has 0 amide bonds. The molecule has 0 rings (SSSR count). The van der Waals surface area contributed by atoms with E-state index < -0.39 is 12.1 Å². The van der Waals surface area contributed by atoms with E-state index in [0.29, 0.717) is 19.3 Å². The van der Waals surface area contributed by atoms with Gasteiger partial charge in [0, 0.05) is 19.3 Å². The SMILES string of the molecule is CC/C=C\C/C=C\C/C=C\C/C=C\C/C=C\C/C=C\C/C=C\C/C=C\CCCCCCCCC(=O)OCC(COC(=O)CCCCCCC/C=C\C/C=C\CCCC)OC(=O)CC/C=C\C/C=C\C/C=C\C/C=C\C/C=C\C/C=C\CC. The minimum atomic E-state index is -0.844. The summed E-state index contributed by atoms with van der Waals surface area (Å²) in [5.41, 5.74) is 0. The summed E-state index contributed by atoms with van der Waals surface area (Å²) in [5, 5.41) is 0. The predicted octanol–water partition coefficient (Wildman–Crippen LogP) is 22.6. The van der Waals surface area contributed by atoms with Gasteiger partial charge in [-0.1, -0.05) is 273 Å². The molecule has 0 aliphatic heterocycles. The van der Waals surface area contributed by atoms with E-state index >= 15 is 0 Å². The van der Waals surface area contributed by atoms with E-state index in [1.807, 2.05) is 12.2 Å². The Morgan fingerprint density at radius 2 is 0.500 bits per heavy atom. The van der Waals surface area contributed by atoms with Crippen molar-refractivity contribution in [1.29, 1.82) is 0 Å². The van der Waals surface area contributed by atoms with Gasteiger partial charge in [-0.25, -0.2) is 0 Å². The Balaban J connectivity index is 4.48. The number of carbonyl (C=O) groups is 3. The third kappa shape index (κ3) is 65.1. The van der Waals surface area contributed by atoms with Crippen molar-refractivity contribution in [3.8, 4) is 0 Å². The molecule has 1 atom stereocenters. The molecular formula is C76H116O6. The lowest BCUT2D eigenvalue weighted by molar-refractivity contribution is -0.166. The Labute approximate surface area is 503 Å². The van der Waals surface area contributed by atoms with E-state index in [1.165, 1.54) is 32.1 Å². The molecule has 0 bridgehead atoms. The number of rotatable bonds is 56. The normalized spacial score (nSPS) is 13.5. The maximum atomic E-state index is 12.9. The van der Waals surface area contributed by atoms with Crippen molar-refractivity contribution in [2.45, 2.75) is 252 Å². The molecule has 0 spiro atoms. The zero-order valence-corrected chi connectivity index (χ0v) is 52.2. The van der Waals surface area contributed by atoms with Crippen LogP contribution in [0.5, 0.6) is 0 Å². The van der Waals surface area contributed by atoms with Crippen LogP contribution < -0.4 is 0 Å². The quantitative estimate of drug-likeness (QED) is 0.0261. The highest BCUT2D eigenvalue weighted by Crippen LogP contribution is 2.13. The van der Waals surface area contributed by atoms with Crippen molar-refractivity contribution in [3.63, 3.8) is 0 Å². The van der Waals surface area contributed by atoms with Gasteiger partial charge in [0.15, 0.2) is 6.10 Å². The topological polar surface area (TPSA) is 78.9 Å². The van der Waals surface area contributed by atoms with Crippen molar-refractivity contribution in [2.75, 3.05) is 13.2 Å². The van der Waals surface area contributed by atoms with Gasteiger partial charge >= 0.3 is 17.9 Å². The van der Waals surface area contributed by atoms with Crippen LogP contribution >= 0.6 is 0 Å². The average molecular weight is 1130 g/mol. The van der Waals surface area contributed by atoms with Crippen LogP contribution in [0.25, 0.3) is 0 Å². The van der Waals surface area contributed by atoms with Gasteiger partial charge in [-0.05, 0) is 148 Å². The molecule has 0 aromatic rings. The number of hydrogen-bond acceptors (Lipinski definition) is 6. The highest BCUT2D eigenvalue weighted by atomic mass is 16.6. The van der Waals surface area contributed by atoms with E-state index in [0.717, 1.165) is 167 Å². The molecule has 456 valence electrons. The Bertz CT molecular complexity index is 1970. The number of allylic oxidation sites excluding steroid dienone is 32. The van der Waals surface area contributed by atoms with Gasteiger partial charge in [0.25, 0.3) is 0 Å². The maximum absolute atomic E-state index is 12.9. The maximum Gasteiger partial charge on any atom is 0.306 e. The number of hydrogen-bond donors (Lipinski definition) is 0. The summed E-state index contributed by atoms with van der Waals surface area (Å²) in [4.78, 5) is 38.3. The molecule has 6 heteroatoms. The van der Waals surface area contributed by atoms with Crippen LogP contribution in [0, 0.1) is 0 Å². The van der Waals surface area contributed by atoms with Crippen LogP contribution in [0.15, 0.2) is 194 Å². The first-order valence-corrected chi connectivity index (χ1v) is 32.4. The molecule has 0 saturated heterocycles. The first kappa shape index (κ1) is 76.2. The molecule has 0 radical (unpaired) electrons. The molecule has 1 unspecified atom stereocenters. The molecular weight excluding hydrogens is 1010 g/mol. The fourth-order valence-electron chi connectivity index (χ4n) is 8.03. The highest BCUT2D eigenvalue weighted by molar-refractivity contribution is 5.71. The van der Waals surface area contributed by atoms with Crippen LogP contribution in [0.1, 0.15) is 245 Å². The molecule has 6 nitrogen and oxygen atoms in total. The molecule has 0 aromatic carbocycles. The minimum absolute atomic E-state index is 0.130. The smallest absolute Gasteiger partial charge is 0.306 e. The summed E-state index contributed by atoms with van der Waals surface area (Å²) in [6.07, 6.45) is 103. The second-order valence-electron chi connectivity index (χ2n) is 20.5. The van der Waals surface area contributed by atoms with Gasteiger partial charge in [-0.3, -0.25) is 14.4 Å². The average Bonchev–Trinajstić information content (AvgIpc) is 3.47. The molecule has 0 aromatic heterocycles. The monoisotopic (exact) mass is 1120 g/mol. The number of carbonyl (C=O) groups excluding carboxylic acids is 3. The van der Waals surface area contributed by atoms with Crippen LogP contribution in [0.3, 0.4) is 0 Å². The predicted molar refractivity (Wildman–Crippen MR) is 357 cm³/mol. The minimum Gasteiger partial charge on any atom is -0.462 e. The summed E-state index contributed by atoms with van der Waals surface area (Å²) in [5.74, 6) is -1.05. The standard InChI is InChI=1S/C76H116O6/c1-4-7-10-13-16-19-22-25-28-30-32-33-34-35-36-37-38-39-40-41-42-43-45-46-48-51-54-57-60-63-66-69-75(78)81-72-73(71-80-74(77)68-65-62-59-56-53-50-27-24-21-18-15-12-9-6-3)82-76(79)70-67-64-61-58-55-52-49-47-44-31-29-26-23-20-17-14-11-8-5-2/h7-8,10-11,15-20,24-29,32-33,35-36,38-39,41-42,44-47,52,55,61,64,73H,4-6,9,12-14,21-23,30-31,34,37,40,43,48-51,53-54,56-60,62-63,65-72H2,1-3H3/b10-7-,11-8-,18-15-,19-16-,20-17-,27-24-,28-25-,29-26-,33-32-,36-35-,39-38-,42-41-,46-45-,47-44-,55-52-,64-61-. The fourth-order valence-corrected chi connectivity index (χ4v) is 8.03. The first-order chi connectivity index (χ1) is 40.5. The summed E-state index contributed by atoms with van der Waals surface area (Å²) in [6.45, 7) is 6.27.